The molecule has 1 fully saturated rings. The number of ether oxygens (including phenoxy) is 4. The summed E-state index contributed by atoms with van der Waals surface area (Å²) in [5.74, 6) is 0. The van der Waals surface area contributed by atoms with Crippen LogP contribution in [0.3, 0.4) is 0 Å². The number of thiocarbonyl (C=S) groups is 2. The standard InChI is InChI=1S/C28H40N8O6S2/c29-25(37)31-27(43)35(23-7-3-1-4-8-23)33-11-15-39-19-21-41-17-13-34(14-18-42-22-20-40-16-12-33)36(28(44)32-26(30)38)24-9-5-2-6-10-24/h1-10H,11-22H2,(H3,29,31,37,43)(H3,30,32,38,44). The van der Waals surface area contributed by atoms with Gasteiger partial charge in [-0.05, 0) is 48.7 Å². The number of nitrogens with two attached hydrogens (primary N) is 2. The Morgan fingerprint density at radius 3 is 1.14 bits per heavy atom. The minimum atomic E-state index is -0.754. The highest BCUT2D eigenvalue weighted by Crippen LogP contribution is 2.18. The fourth-order valence-corrected chi connectivity index (χ4v) is 4.86. The molecule has 2 aromatic carbocycles. The van der Waals surface area contributed by atoms with Crippen molar-refractivity contribution in [3.63, 3.8) is 0 Å². The van der Waals surface area contributed by atoms with Gasteiger partial charge in [0.1, 0.15) is 0 Å². The van der Waals surface area contributed by atoms with Crippen LogP contribution in [-0.2, 0) is 18.9 Å². The summed E-state index contributed by atoms with van der Waals surface area (Å²) in [6, 6.07) is 17.3. The maximum absolute atomic E-state index is 11.6. The molecule has 1 saturated heterocycles. The van der Waals surface area contributed by atoms with Gasteiger partial charge in [0.2, 0.25) is 0 Å². The third kappa shape index (κ3) is 12.3. The summed E-state index contributed by atoms with van der Waals surface area (Å²) < 4.78 is 23.5. The lowest BCUT2D eigenvalue weighted by atomic mass is 10.3. The molecule has 0 unspecified atom stereocenters. The molecule has 0 radical (unpaired) electrons. The van der Waals surface area contributed by atoms with Gasteiger partial charge in [0.25, 0.3) is 0 Å². The van der Waals surface area contributed by atoms with Gasteiger partial charge in [-0.1, -0.05) is 36.4 Å². The van der Waals surface area contributed by atoms with Gasteiger partial charge in [-0.15, -0.1) is 0 Å². The van der Waals surface area contributed by atoms with Gasteiger partial charge < -0.3 is 30.4 Å². The largest absolute Gasteiger partial charge is 0.378 e. The molecule has 3 rings (SSSR count). The molecule has 14 nitrogen and oxygen atoms in total. The third-order valence-corrected chi connectivity index (χ3v) is 6.68. The number of nitrogens with zero attached hydrogens (tertiary/aromatic N) is 4. The van der Waals surface area contributed by atoms with Gasteiger partial charge in [-0.25, -0.2) is 29.6 Å². The lowest BCUT2D eigenvalue weighted by molar-refractivity contribution is 0.00876. The highest BCUT2D eigenvalue weighted by atomic mass is 32.1. The summed E-state index contributed by atoms with van der Waals surface area (Å²) in [5.41, 5.74) is 12.2. The molecule has 2 aromatic rings. The predicted molar refractivity (Wildman–Crippen MR) is 175 cm³/mol. The van der Waals surface area contributed by atoms with Crippen molar-refractivity contribution in [3.8, 4) is 0 Å². The minimum Gasteiger partial charge on any atom is -0.378 e. The van der Waals surface area contributed by atoms with E-state index in [1.165, 1.54) is 0 Å². The summed E-state index contributed by atoms with van der Waals surface area (Å²) in [6.07, 6.45) is 0. The highest BCUT2D eigenvalue weighted by molar-refractivity contribution is 7.80. The Kier molecular flexibility index (Phi) is 15.7. The Balaban J connectivity index is 1.66. The SMILES string of the molecule is NC(=O)NC(=S)N(c1ccccc1)N1CCOCCOCCN(N(C(=S)NC(N)=O)c2ccccc2)CCOCCOCC1. The van der Waals surface area contributed by atoms with Crippen molar-refractivity contribution in [2.24, 2.45) is 11.5 Å². The molecule has 1 aliphatic heterocycles. The van der Waals surface area contributed by atoms with E-state index in [1.54, 1.807) is 10.0 Å². The van der Waals surface area contributed by atoms with Crippen LogP contribution in [-0.4, -0.2) is 111 Å². The first-order chi connectivity index (χ1) is 21.4. The van der Waals surface area contributed by atoms with Gasteiger partial charge in [-0.3, -0.25) is 10.6 Å². The molecule has 1 heterocycles. The molecule has 6 N–H and O–H groups in total. The number of nitrogens with one attached hydrogen (secondary N) is 2. The zero-order valence-electron chi connectivity index (χ0n) is 24.5. The molecule has 0 aromatic heterocycles. The van der Waals surface area contributed by atoms with Gasteiger partial charge in [0.05, 0.1) is 64.2 Å². The van der Waals surface area contributed by atoms with Crippen molar-refractivity contribution in [3.05, 3.63) is 60.7 Å². The molecule has 44 heavy (non-hydrogen) atoms. The van der Waals surface area contributed by atoms with Crippen LogP contribution in [0, 0.1) is 0 Å². The first-order valence-corrected chi connectivity index (χ1v) is 14.9. The maximum atomic E-state index is 11.6. The topological polar surface area (TPSA) is 160 Å². The van der Waals surface area contributed by atoms with Crippen molar-refractivity contribution in [1.82, 2.24) is 20.7 Å². The van der Waals surface area contributed by atoms with Crippen LogP contribution in [0.2, 0.25) is 0 Å². The molecule has 16 heteroatoms. The quantitative estimate of drug-likeness (QED) is 0.354. The molecule has 0 bridgehead atoms. The van der Waals surface area contributed by atoms with E-state index >= 15 is 0 Å². The Morgan fingerprint density at radius 2 is 0.864 bits per heavy atom. The number of urea groups is 2. The fourth-order valence-electron chi connectivity index (χ4n) is 4.22. The van der Waals surface area contributed by atoms with E-state index in [4.69, 9.17) is 54.9 Å². The number of amides is 4. The van der Waals surface area contributed by atoms with E-state index in [0.29, 0.717) is 79.0 Å². The van der Waals surface area contributed by atoms with Crippen molar-refractivity contribution < 1.29 is 28.5 Å². The average Bonchev–Trinajstić information content (AvgIpc) is 2.99. The maximum Gasteiger partial charge on any atom is 0.318 e. The van der Waals surface area contributed by atoms with Gasteiger partial charge in [0, 0.05) is 26.2 Å². The molecule has 0 aliphatic carbocycles. The van der Waals surface area contributed by atoms with Crippen LogP contribution in [0.25, 0.3) is 0 Å². The number of para-hydroxylation sites is 2. The lowest BCUT2D eigenvalue weighted by Gasteiger charge is -2.36. The normalized spacial score (nSPS) is 16.9. The zero-order chi connectivity index (χ0) is 31.6. The Morgan fingerprint density at radius 1 is 0.568 bits per heavy atom. The number of rotatable bonds is 4. The Bertz CT molecular complexity index is 1070. The molecule has 4 amide bonds. The van der Waals surface area contributed by atoms with Gasteiger partial charge >= 0.3 is 12.1 Å². The number of hydrogen-bond donors (Lipinski definition) is 4. The van der Waals surface area contributed by atoms with Crippen molar-refractivity contribution in [2.75, 3.05) is 89.1 Å². The minimum absolute atomic E-state index is 0.136. The summed E-state index contributed by atoms with van der Waals surface area (Å²) in [4.78, 5) is 23.2. The van der Waals surface area contributed by atoms with E-state index < -0.39 is 12.1 Å². The number of carbonyl (C=O) groups excluding carboxylic acids is 2. The molecular weight excluding hydrogens is 608 g/mol. The fraction of sp³-hybridized carbons (Fsp3) is 0.429. The van der Waals surface area contributed by atoms with E-state index in [2.05, 4.69) is 10.6 Å². The number of primary amides is 2. The summed E-state index contributed by atoms with van der Waals surface area (Å²) in [6.45, 7) is 4.62. The third-order valence-electron chi connectivity index (χ3n) is 6.13. The van der Waals surface area contributed by atoms with Crippen LogP contribution in [0.15, 0.2) is 60.7 Å². The predicted octanol–water partition coefficient (Wildman–Crippen LogP) is 1.42. The molecular formula is C28H40N8O6S2. The monoisotopic (exact) mass is 648 g/mol. The van der Waals surface area contributed by atoms with Gasteiger partial charge in [-0.2, -0.15) is 0 Å². The van der Waals surface area contributed by atoms with Gasteiger partial charge in [0.15, 0.2) is 10.2 Å². The lowest BCUT2D eigenvalue weighted by Crippen LogP contribution is -2.55. The average molecular weight is 649 g/mol. The Hall–Kier alpha value is -3.48. The molecule has 0 saturated carbocycles. The van der Waals surface area contributed by atoms with E-state index in [1.807, 2.05) is 70.7 Å². The number of hydrazine groups is 2. The van der Waals surface area contributed by atoms with Crippen molar-refractivity contribution in [2.45, 2.75) is 0 Å². The van der Waals surface area contributed by atoms with E-state index in [9.17, 15) is 9.59 Å². The zero-order valence-corrected chi connectivity index (χ0v) is 26.1. The van der Waals surface area contributed by atoms with Crippen molar-refractivity contribution in [1.29, 1.82) is 0 Å². The molecule has 240 valence electrons. The molecule has 0 atom stereocenters. The van der Waals surface area contributed by atoms with E-state index in [-0.39, 0.29) is 10.2 Å². The first kappa shape index (κ1) is 35.0. The smallest absolute Gasteiger partial charge is 0.318 e. The van der Waals surface area contributed by atoms with Crippen LogP contribution in [0.4, 0.5) is 21.0 Å². The second kappa shape index (κ2) is 19.7. The highest BCUT2D eigenvalue weighted by Gasteiger charge is 2.23. The van der Waals surface area contributed by atoms with Crippen LogP contribution < -0.4 is 32.1 Å². The number of anilines is 2. The van der Waals surface area contributed by atoms with Crippen LogP contribution in [0.5, 0.6) is 0 Å². The van der Waals surface area contributed by atoms with Crippen molar-refractivity contribution >= 4 is 58.1 Å². The number of carbonyl (C=O) groups is 2. The first-order valence-electron chi connectivity index (χ1n) is 14.1. The second-order valence-electron chi connectivity index (χ2n) is 9.24. The summed E-state index contributed by atoms with van der Waals surface area (Å²) in [7, 11) is 0. The summed E-state index contributed by atoms with van der Waals surface area (Å²) in [5, 5.41) is 12.6. The Labute approximate surface area is 268 Å². The summed E-state index contributed by atoms with van der Waals surface area (Å²) >= 11 is 11.0. The van der Waals surface area contributed by atoms with Crippen LogP contribution in [0.1, 0.15) is 0 Å². The number of hydrogen-bond acceptors (Lipinski definition) is 10. The molecule has 1 aliphatic rings. The molecule has 0 spiro atoms. The second-order valence-corrected chi connectivity index (χ2v) is 10.0. The van der Waals surface area contributed by atoms with E-state index in [0.717, 1.165) is 11.4 Å². The number of benzene rings is 2. The van der Waals surface area contributed by atoms with Crippen LogP contribution >= 0.6 is 24.4 Å².